The van der Waals surface area contributed by atoms with Crippen molar-refractivity contribution < 1.29 is 18.7 Å². The number of rotatable bonds is 5. The first kappa shape index (κ1) is 19.2. The summed E-state index contributed by atoms with van der Waals surface area (Å²) in [4.78, 5) is 31.5. The van der Waals surface area contributed by atoms with Gasteiger partial charge in [-0.1, -0.05) is 11.6 Å². The highest BCUT2D eigenvalue weighted by Crippen LogP contribution is 2.27. The van der Waals surface area contributed by atoms with Gasteiger partial charge in [0.25, 0.3) is 5.91 Å². The van der Waals surface area contributed by atoms with E-state index in [-0.39, 0.29) is 18.4 Å². The summed E-state index contributed by atoms with van der Waals surface area (Å²) in [5, 5.41) is 3.25. The predicted octanol–water partition coefficient (Wildman–Crippen LogP) is 2.87. The molecule has 1 aliphatic rings. The molecule has 0 bridgehead atoms. The van der Waals surface area contributed by atoms with Crippen molar-refractivity contribution >= 4 is 23.4 Å². The maximum atomic E-state index is 13.0. The van der Waals surface area contributed by atoms with Crippen LogP contribution >= 0.6 is 11.6 Å². The molecule has 1 N–H and O–H groups in total. The number of aromatic nitrogens is 1. The Balaban J connectivity index is 1.71. The van der Waals surface area contributed by atoms with Crippen LogP contribution in [0.3, 0.4) is 0 Å². The largest absolute Gasteiger partial charge is 0.496 e. The first-order valence-corrected chi connectivity index (χ1v) is 9.13. The Bertz CT molecular complexity index is 845. The Hall–Kier alpha value is -2.54. The topological polar surface area (TPSA) is 84.7 Å². The molecule has 3 rings (SSSR count). The first-order valence-electron chi connectivity index (χ1n) is 8.76. The predicted molar refractivity (Wildman–Crippen MR) is 99.9 cm³/mol. The maximum absolute atomic E-state index is 13.0. The van der Waals surface area contributed by atoms with E-state index in [4.69, 9.17) is 20.8 Å². The lowest BCUT2D eigenvalue weighted by Crippen LogP contribution is -2.45. The summed E-state index contributed by atoms with van der Waals surface area (Å²) >= 11 is 6.03. The smallest absolute Gasteiger partial charge is 0.258 e. The van der Waals surface area contributed by atoms with E-state index in [1.165, 1.54) is 7.11 Å². The molecular formula is C19H22ClN3O4. The van der Waals surface area contributed by atoms with Gasteiger partial charge in [0.2, 0.25) is 11.8 Å². The number of likely N-dealkylation sites (tertiary alicyclic amines) is 1. The van der Waals surface area contributed by atoms with Crippen molar-refractivity contribution in [1.82, 2.24) is 15.2 Å². The summed E-state index contributed by atoms with van der Waals surface area (Å²) in [5.74, 6) is 1.11. The molecule has 1 fully saturated rings. The van der Waals surface area contributed by atoms with E-state index in [2.05, 4.69) is 10.3 Å². The highest BCUT2D eigenvalue weighted by molar-refractivity contribution is 6.31. The second kappa shape index (κ2) is 8.00. The van der Waals surface area contributed by atoms with Gasteiger partial charge in [-0.05, 0) is 44.9 Å². The van der Waals surface area contributed by atoms with Crippen molar-refractivity contribution in [2.75, 3.05) is 13.7 Å². The second-order valence-electron chi connectivity index (χ2n) is 6.47. The van der Waals surface area contributed by atoms with Crippen LogP contribution in [0, 0.1) is 13.8 Å². The summed E-state index contributed by atoms with van der Waals surface area (Å²) in [6.45, 7) is 4.36. The van der Waals surface area contributed by atoms with Gasteiger partial charge >= 0.3 is 0 Å². The van der Waals surface area contributed by atoms with Crippen molar-refractivity contribution in [2.24, 2.45) is 0 Å². The Kier molecular flexibility index (Phi) is 5.70. The average molecular weight is 392 g/mol. The van der Waals surface area contributed by atoms with Crippen molar-refractivity contribution in [2.45, 2.75) is 39.3 Å². The molecule has 144 valence electrons. The van der Waals surface area contributed by atoms with Gasteiger partial charge in [0, 0.05) is 11.6 Å². The molecule has 1 aromatic heterocycles. The van der Waals surface area contributed by atoms with Crippen LogP contribution in [0.4, 0.5) is 0 Å². The molecule has 1 aliphatic heterocycles. The number of carbonyl (C=O) groups is 2. The lowest BCUT2D eigenvalue weighted by molar-refractivity contribution is -0.125. The number of ether oxygens (including phenoxy) is 1. The van der Waals surface area contributed by atoms with Gasteiger partial charge in [-0.3, -0.25) is 9.59 Å². The zero-order chi connectivity index (χ0) is 19.6. The van der Waals surface area contributed by atoms with Crippen LogP contribution in [0.1, 0.15) is 40.5 Å². The summed E-state index contributed by atoms with van der Waals surface area (Å²) in [5.41, 5.74) is 1.15. The molecule has 27 heavy (non-hydrogen) atoms. The van der Waals surface area contributed by atoms with Gasteiger partial charge in [-0.25, -0.2) is 4.98 Å². The number of hydrogen-bond acceptors (Lipinski definition) is 5. The number of nitrogens with zero attached hydrogens (tertiary/aromatic N) is 2. The minimum absolute atomic E-state index is 0.187. The molecular weight excluding hydrogens is 370 g/mol. The van der Waals surface area contributed by atoms with Gasteiger partial charge in [-0.15, -0.1) is 0 Å². The molecule has 1 unspecified atom stereocenters. The van der Waals surface area contributed by atoms with E-state index >= 15 is 0 Å². The molecule has 0 radical (unpaired) electrons. The van der Waals surface area contributed by atoms with E-state index in [0.717, 1.165) is 17.9 Å². The molecule has 1 saturated heterocycles. The highest BCUT2D eigenvalue weighted by Gasteiger charge is 2.35. The number of benzene rings is 1. The third kappa shape index (κ3) is 4.08. The third-order valence-electron chi connectivity index (χ3n) is 4.69. The SMILES string of the molecule is COc1ccc(Cl)cc1C(=O)N1CCCC1C(=O)NCc1nc(C)c(C)o1. The molecule has 7 nitrogen and oxygen atoms in total. The normalized spacial score (nSPS) is 16.4. The molecule has 0 spiro atoms. The van der Waals surface area contributed by atoms with Crippen molar-refractivity contribution in [3.63, 3.8) is 0 Å². The summed E-state index contributed by atoms with van der Waals surface area (Å²) in [7, 11) is 1.49. The Morgan fingerprint density at radius 2 is 2.19 bits per heavy atom. The Labute approximate surface area is 162 Å². The van der Waals surface area contributed by atoms with Gasteiger partial charge in [-0.2, -0.15) is 0 Å². The van der Waals surface area contributed by atoms with Crippen molar-refractivity contribution in [3.05, 3.63) is 46.1 Å². The van der Waals surface area contributed by atoms with Crippen molar-refractivity contribution in [3.8, 4) is 5.75 Å². The molecule has 2 amide bonds. The fourth-order valence-electron chi connectivity index (χ4n) is 3.18. The number of aryl methyl sites for hydroxylation is 2. The maximum Gasteiger partial charge on any atom is 0.258 e. The van der Waals surface area contributed by atoms with Gasteiger partial charge in [0.15, 0.2) is 0 Å². The molecule has 0 aliphatic carbocycles. The number of hydrogen-bond donors (Lipinski definition) is 1. The van der Waals surface area contributed by atoms with Crippen LogP contribution < -0.4 is 10.1 Å². The number of nitrogens with one attached hydrogen (secondary N) is 1. The number of halogens is 1. The van der Waals surface area contributed by atoms with Crippen molar-refractivity contribution in [1.29, 1.82) is 0 Å². The minimum Gasteiger partial charge on any atom is -0.496 e. The van der Waals surface area contributed by atoms with E-state index in [9.17, 15) is 9.59 Å². The highest BCUT2D eigenvalue weighted by atomic mass is 35.5. The van der Waals surface area contributed by atoms with Gasteiger partial charge < -0.3 is 19.4 Å². The number of methoxy groups -OCH3 is 1. The number of oxazole rings is 1. The standard InChI is InChI=1S/C19H22ClN3O4/c1-11-12(2)27-17(22-11)10-21-18(24)15-5-4-8-23(15)19(25)14-9-13(20)6-7-16(14)26-3/h6-7,9,15H,4-5,8,10H2,1-3H3,(H,21,24). The quantitative estimate of drug-likeness (QED) is 0.847. The van der Waals surface area contributed by atoms with Gasteiger partial charge in [0.05, 0.1) is 24.9 Å². The molecule has 2 heterocycles. The van der Waals surface area contributed by atoms with E-state index in [0.29, 0.717) is 35.2 Å². The summed E-state index contributed by atoms with van der Waals surface area (Å²) < 4.78 is 10.7. The number of carbonyl (C=O) groups excluding carboxylic acids is 2. The molecule has 1 atom stereocenters. The lowest BCUT2D eigenvalue weighted by atomic mass is 10.1. The van der Waals surface area contributed by atoms with Crippen LogP contribution in [-0.2, 0) is 11.3 Å². The monoisotopic (exact) mass is 391 g/mol. The average Bonchev–Trinajstić information content (AvgIpc) is 3.26. The number of amides is 2. The van der Waals surface area contributed by atoms with E-state index in [1.54, 1.807) is 23.1 Å². The fraction of sp³-hybridized carbons (Fsp3) is 0.421. The minimum atomic E-state index is -0.543. The molecule has 8 heteroatoms. The van der Waals surface area contributed by atoms with Crippen LogP contribution in [0.15, 0.2) is 22.6 Å². The van der Waals surface area contributed by atoms with E-state index < -0.39 is 6.04 Å². The molecule has 1 aromatic carbocycles. The zero-order valence-electron chi connectivity index (χ0n) is 15.5. The van der Waals surface area contributed by atoms with Crippen LogP contribution in [0.2, 0.25) is 5.02 Å². The van der Waals surface area contributed by atoms with Crippen LogP contribution in [-0.4, -0.2) is 41.4 Å². The third-order valence-corrected chi connectivity index (χ3v) is 4.93. The zero-order valence-corrected chi connectivity index (χ0v) is 16.3. The van der Waals surface area contributed by atoms with Gasteiger partial charge in [0.1, 0.15) is 17.6 Å². The Morgan fingerprint density at radius 1 is 1.41 bits per heavy atom. The molecule has 2 aromatic rings. The first-order chi connectivity index (χ1) is 12.9. The summed E-state index contributed by atoms with van der Waals surface area (Å²) in [6.07, 6.45) is 1.36. The second-order valence-corrected chi connectivity index (χ2v) is 6.90. The fourth-order valence-corrected chi connectivity index (χ4v) is 3.35. The Morgan fingerprint density at radius 3 is 2.85 bits per heavy atom. The van der Waals surface area contributed by atoms with Crippen LogP contribution in [0.25, 0.3) is 0 Å². The van der Waals surface area contributed by atoms with Crippen LogP contribution in [0.5, 0.6) is 5.75 Å². The lowest BCUT2D eigenvalue weighted by Gasteiger charge is -2.24. The van der Waals surface area contributed by atoms with E-state index in [1.807, 2.05) is 13.8 Å². The molecule has 0 saturated carbocycles. The summed E-state index contributed by atoms with van der Waals surface area (Å²) in [6, 6.07) is 4.33.